The number of hydrogen-bond acceptors (Lipinski definition) is 2. The van der Waals surface area contributed by atoms with Crippen LogP contribution in [0, 0.1) is 11.8 Å². The van der Waals surface area contributed by atoms with Crippen molar-refractivity contribution in [3.05, 3.63) is 29.3 Å². The number of aryl methyl sites for hydroxylation is 1. The Bertz CT molecular complexity index is 520. The predicted octanol–water partition coefficient (Wildman–Crippen LogP) is 5.09. The zero-order chi connectivity index (χ0) is 14.9. The van der Waals surface area contributed by atoms with E-state index in [1.54, 1.807) is 0 Å². The molecule has 2 heteroatoms. The van der Waals surface area contributed by atoms with Gasteiger partial charge in [0.15, 0.2) is 0 Å². The molecule has 1 aromatic rings. The highest BCUT2D eigenvalue weighted by molar-refractivity contribution is 5.56. The molecule has 1 saturated heterocycles. The SMILES string of the molecule is CCc1ccc2c(c1)C1OC(C3CCCCC3)CCC1CN2. The molecule has 0 radical (unpaired) electrons. The highest BCUT2D eigenvalue weighted by atomic mass is 16.5. The van der Waals surface area contributed by atoms with Gasteiger partial charge in [0.25, 0.3) is 0 Å². The Hall–Kier alpha value is -1.02. The largest absolute Gasteiger partial charge is 0.384 e. The van der Waals surface area contributed by atoms with Crippen LogP contribution in [-0.2, 0) is 11.2 Å². The summed E-state index contributed by atoms with van der Waals surface area (Å²) >= 11 is 0. The van der Waals surface area contributed by atoms with Gasteiger partial charge in [0.2, 0.25) is 0 Å². The third-order valence-corrected chi connectivity index (χ3v) is 6.13. The summed E-state index contributed by atoms with van der Waals surface area (Å²) in [5, 5.41) is 3.63. The standard InChI is InChI=1S/C20H29NO/c1-2-14-8-10-18-17(12-14)20-16(13-21-18)9-11-19(22-20)15-6-4-3-5-7-15/h8,10,12,15-16,19-21H,2-7,9,11,13H2,1H3. The van der Waals surface area contributed by atoms with E-state index in [1.807, 2.05) is 0 Å². The van der Waals surface area contributed by atoms with Gasteiger partial charge in [0.1, 0.15) is 0 Å². The van der Waals surface area contributed by atoms with E-state index in [9.17, 15) is 0 Å². The molecular formula is C20H29NO. The van der Waals surface area contributed by atoms with E-state index in [2.05, 4.69) is 30.4 Å². The van der Waals surface area contributed by atoms with Crippen molar-refractivity contribution in [3.63, 3.8) is 0 Å². The van der Waals surface area contributed by atoms with E-state index in [1.165, 1.54) is 61.8 Å². The number of fused-ring (bicyclic) bond motifs is 3. The van der Waals surface area contributed by atoms with Crippen molar-refractivity contribution in [2.45, 2.75) is 70.5 Å². The minimum absolute atomic E-state index is 0.337. The Morgan fingerprint density at radius 1 is 1.05 bits per heavy atom. The highest BCUT2D eigenvalue weighted by Gasteiger charge is 2.39. The molecule has 2 nitrogen and oxygen atoms in total. The van der Waals surface area contributed by atoms with Gasteiger partial charge in [0.05, 0.1) is 12.2 Å². The van der Waals surface area contributed by atoms with Crippen LogP contribution in [0.2, 0.25) is 0 Å². The molecule has 2 heterocycles. The van der Waals surface area contributed by atoms with Crippen LogP contribution in [0.4, 0.5) is 5.69 Å². The molecule has 1 aromatic carbocycles. The first-order valence-corrected chi connectivity index (χ1v) is 9.37. The molecule has 1 N–H and O–H groups in total. The second kappa shape index (κ2) is 6.23. The molecule has 1 aliphatic carbocycles. The van der Waals surface area contributed by atoms with Crippen LogP contribution >= 0.6 is 0 Å². The molecule has 0 aromatic heterocycles. The summed E-state index contributed by atoms with van der Waals surface area (Å²) in [6.45, 7) is 3.32. The van der Waals surface area contributed by atoms with Crippen LogP contribution in [0.25, 0.3) is 0 Å². The number of nitrogens with one attached hydrogen (secondary N) is 1. The van der Waals surface area contributed by atoms with Crippen LogP contribution in [0.3, 0.4) is 0 Å². The number of anilines is 1. The summed E-state index contributed by atoms with van der Waals surface area (Å²) < 4.78 is 6.72. The van der Waals surface area contributed by atoms with E-state index >= 15 is 0 Å². The zero-order valence-corrected chi connectivity index (χ0v) is 13.8. The summed E-state index contributed by atoms with van der Waals surface area (Å²) in [5.41, 5.74) is 4.17. The first-order chi connectivity index (χ1) is 10.8. The summed E-state index contributed by atoms with van der Waals surface area (Å²) in [6.07, 6.45) is 11.6. The van der Waals surface area contributed by atoms with Crippen molar-refractivity contribution in [2.75, 3.05) is 11.9 Å². The second-order valence-electron chi connectivity index (χ2n) is 7.49. The van der Waals surface area contributed by atoms with Gasteiger partial charge in [-0.2, -0.15) is 0 Å². The average Bonchev–Trinajstić information content (AvgIpc) is 2.61. The number of rotatable bonds is 2. The quantitative estimate of drug-likeness (QED) is 0.821. The minimum Gasteiger partial charge on any atom is -0.384 e. The van der Waals surface area contributed by atoms with Crippen molar-refractivity contribution < 1.29 is 4.74 Å². The normalized spacial score (nSPS) is 32.0. The van der Waals surface area contributed by atoms with E-state index in [0.717, 1.165) is 18.9 Å². The molecule has 3 unspecified atom stereocenters. The van der Waals surface area contributed by atoms with E-state index < -0.39 is 0 Å². The molecule has 2 fully saturated rings. The van der Waals surface area contributed by atoms with Crippen molar-refractivity contribution in [3.8, 4) is 0 Å². The number of benzene rings is 1. The monoisotopic (exact) mass is 299 g/mol. The first-order valence-electron chi connectivity index (χ1n) is 9.37. The van der Waals surface area contributed by atoms with E-state index in [0.29, 0.717) is 18.1 Å². The molecule has 3 aliphatic rings. The lowest BCUT2D eigenvalue weighted by Crippen LogP contribution is -2.40. The first kappa shape index (κ1) is 14.6. The molecule has 120 valence electrons. The fraction of sp³-hybridized carbons (Fsp3) is 0.700. The van der Waals surface area contributed by atoms with Gasteiger partial charge in [-0.3, -0.25) is 0 Å². The predicted molar refractivity (Wildman–Crippen MR) is 91.2 cm³/mol. The summed E-state index contributed by atoms with van der Waals surface area (Å²) in [5.74, 6) is 1.49. The van der Waals surface area contributed by atoms with Crippen LogP contribution in [0.5, 0.6) is 0 Å². The van der Waals surface area contributed by atoms with Gasteiger partial charge < -0.3 is 10.1 Å². The van der Waals surface area contributed by atoms with Crippen LogP contribution in [0.15, 0.2) is 18.2 Å². The van der Waals surface area contributed by atoms with Gasteiger partial charge in [0, 0.05) is 23.7 Å². The summed E-state index contributed by atoms with van der Waals surface area (Å²) in [6, 6.07) is 6.91. The van der Waals surface area contributed by atoms with Gasteiger partial charge in [-0.05, 0) is 49.7 Å². The molecular weight excluding hydrogens is 270 g/mol. The smallest absolute Gasteiger partial charge is 0.0893 e. The Kier molecular flexibility index (Phi) is 4.13. The lowest BCUT2D eigenvalue weighted by molar-refractivity contribution is -0.113. The number of hydrogen-bond donors (Lipinski definition) is 1. The van der Waals surface area contributed by atoms with Crippen LogP contribution in [0.1, 0.15) is 69.1 Å². The van der Waals surface area contributed by atoms with Gasteiger partial charge in [-0.15, -0.1) is 0 Å². The summed E-state index contributed by atoms with van der Waals surface area (Å²) in [7, 11) is 0. The Labute approximate surface area is 134 Å². The molecule has 3 atom stereocenters. The lowest BCUT2D eigenvalue weighted by Gasteiger charge is -2.44. The number of ether oxygens (including phenoxy) is 1. The second-order valence-corrected chi connectivity index (χ2v) is 7.49. The average molecular weight is 299 g/mol. The fourth-order valence-electron chi connectivity index (χ4n) is 4.76. The third-order valence-electron chi connectivity index (χ3n) is 6.13. The maximum absolute atomic E-state index is 6.72. The minimum atomic E-state index is 0.337. The van der Waals surface area contributed by atoms with Gasteiger partial charge >= 0.3 is 0 Å². The lowest BCUT2D eigenvalue weighted by atomic mass is 9.78. The third kappa shape index (κ3) is 2.67. The summed E-state index contributed by atoms with van der Waals surface area (Å²) in [4.78, 5) is 0. The Morgan fingerprint density at radius 3 is 2.73 bits per heavy atom. The Morgan fingerprint density at radius 2 is 1.91 bits per heavy atom. The maximum Gasteiger partial charge on any atom is 0.0893 e. The fourth-order valence-corrected chi connectivity index (χ4v) is 4.76. The van der Waals surface area contributed by atoms with E-state index in [4.69, 9.17) is 4.74 Å². The topological polar surface area (TPSA) is 21.3 Å². The van der Waals surface area contributed by atoms with Crippen LogP contribution < -0.4 is 5.32 Å². The van der Waals surface area contributed by atoms with Gasteiger partial charge in [-0.1, -0.05) is 38.3 Å². The molecule has 1 saturated carbocycles. The van der Waals surface area contributed by atoms with Gasteiger partial charge in [-0.25, -0.2) is 0 Å². The molecule has 22 heavy (non-hydrogen) atoms. The molecule has 0 amide bonds. The van der Waals surface area contributed by atoms with Crippen molar-refractivity contribution in [2.24, 2.45) is 11.8 Å². The van der Waals surface area contributed by atoms with Crippen molar-refractivity contribution in [1.29, 1.82) is 0 Å². The molecule has 4 rings (SSSR count). The van der Waals surface area contributed by atoms with Crippen LogP contribution in [-0.4, -0.2) is 12.6 Å². The Balaban J connectivity index is 1.57. The molecule has 0 spiro atoms. The highest BCUT2D eigenvalue weighted by Crippen LogP contribution is 2.45. The van der Waals surface area contributed by atoms with E-state index in [-0.39, 0.29) is 0 Å². The molecule has 2 aliphatic heterocycles. The maximum atomic E-state index is 6.72. The van der Waals surface area contributed by atoms with Crippen molar-refractivity contribution >= 4 is 5.69 Å². The molecule has 0 bridgehead atoms. The zero-order valence-electron chi connectivity index (χ0n) is 13.8. The van der Waals surface area contributed by atoms with Crippen molar-refractivity contribution in [1.82, 2.24) is 0 Å².